The normalized spacial score (nSPS) is 18.0. The highest BCUT2D eigenvalue weighted by Crippen LogP contribution is 2.38. The molecule has 1 amide bonds. The number of amides is 1. The van der Waals surface area contributed by atoms with E-state index in [0.29, 0.717) is 24.1 Å². The van der Waals surface area contributed by atoms with Crippen LogP contribution >= 0.6 is 0 Å². The van der Waals surface area contributed by atoms with Crippen molar-refractivity contribution in [3.05, 3.63) is 29.3 Å². The summed E-state index contributed by atoms with van der Waals surface area (Å²) >= 11 is 0. The molecule has 1 atom stereocenters. The summed E-state index contributed by atoms with van der Waals surface area (Å²) < 4.78 is 43.9. The zero-order valence-electron chi connectivity index (χ0n) is 13.6. The molecule has 0 radical (unpaired) electrons. The highest BCUT2D eigenvalue weighted by molar-refractivity contribution is 5.90. The lowest BCUT2D eigenvalue weighted by Gasteiger charge is -2.37. The number of carbonyl (C=O) groups excluding carboxylic acids is 1. The number of halogens is 3. The molecule has 1 aliphatic rings. The number of anilines is 1. The predicted octanol–water partition coefficient (Wildman–Crippen LogP) is 5.17. The lowest BCUT2D eigenvalue weighted by molar-refractivity contribution is -0.137. The summed E-state index contributed by atoms with van der Waals surface area (Å²) in [7, 11) is 0. The van der Waals surface area contributed by atoms with Gasteiger partial charge < -0.3 is 4.74 Å². The quantitative estimate of drug-likeness (QED) is 0.765. The first-order valence-electron chi connectivity index (χ1n) is 7.94. The Labute approximate surface area is 134 Å². The van der Waals surface area contributed by atoms with Crippen LogP contribution in [0.5, 0.6) is 0 Å². The molecule has 23 heavy (non-hydrogen) atoms. The van der Waals surface area contributed by atoms with E-state index >= 15 is 0 Å². The molecule has 0 saturated heterocycles. The minimum atomic E-state index is -4.38. The van der Waals surface area contributed by atoms with Gasteiger partial charge in [0.2, 0.25) is 0 Å². The van der Waals surface area contributed by atoms with Crippen molar-refractivity contribution in [2.45, 2.75) is 64.8 Å². The Morgan fingerprint density at radius 2 is 2.09 bits per heavy atom. The van der Waals surface area contributed by atoms with E-state index in [1.807, 2.05) is 6.92 Å². The SMILES string of the molecule is CCCC1CCc2cc(C(F)(F)F)ccc2N1C(=O)OC(C)C. The third-order valence-corrected chi connectivity index (χ3v) is 3.93. The van der Waals surface area contributed by atoms with Gasteiger partial charge in [0, 0.05) is 6.04 Å². The standard InChI is InChI=1S/C17H22F3NO2/c1-4-5-14-8-6-12-10-13(17(18,19)20)7-9-15(12)21(14)16(22)23-11(2)3/h7,9-11,14H,4-6,8H2,1-3H3. The van der Waals surface area contributed by atoms with Crippen molar-refractivity contribution in [1.29, 1.82) is 0 Å². The van der Waals surface area contributed by atoms with E-state index in [1.165, 1.54) is 11.0 Å². The third-order valence-electron chi connectivity index (χ3n) is 3.93. The van der Waals surface area contributed by atoms with Gasteiger partial charge >= 0.3 is 12.3 Å². The van der Waals surface area contributed by atoms with Crippen molar-refractivity contribution < 1.29 is 22.7 Å². The highest BCUT2D eigenvalue weighted by Gasteiger charge is 2.35. The minimum absolute atomic E-state index is 0.0320. The van der Waals surface area contributed by atoms with Crippen LogP contribution in [0.4, 0.5) is 23.7 Å². The van der Waals surface area contributed by atoms with Crippen LogP contribution in [0.2, 0.25) is 0 Å². The Bertz CT molecular complexity index is 569. The molecule has 0 bridgehead atoms. The van der Waals surface area contributed by atoms with E-state index in [-0.39, 0.29) is 12.1 Å². The molecule has 2 rings (SSSR count). The van der Waals surface area contributed by atoms with Crippen LogP contribution < -0.4 is 4.90 Å². The highest BCUT2D eigenvalue weighted by atomic mass is 19.4. The molecular weight excluding hydrogens is 307 g/mol. The average Bonchev–Trinajstić information content (AvgIpc) is 2.44. The van der Waals surface area contributed by atoms with Gasteiger partial charge in [0.1, 0.15) is 0 Å². The van der Waals surface area contributed by atoms with Gasteiger partial charge in [-0.25, -0.2) is 4.79 Å². The molecule has 0 spiro atoms. The lowest BCUT2D eigenvalue weighted by atomic mass is 9.92. The van der Waals surface area contributed by atoms with Crippen molar-refractivity contribution in [3.63, 3.8) is 0 Å². The summed E-state index contributed by atoms with van der Waals surface area (Å²) in [4.78, 5) is 14.0. The smallest absolute Gasteiger partial charge is 0.416 e. The molecule has 0 aliphatic carbocycles. The van der Waals surface area contributed by atoms with Crippen molar-refractivity contribution in [3.8, 4) is 0 Å². The number of aryl methyl sites for hydroxylation is 1. The van der Waals surface area contributed by atoms with Crippen LogP contribution in [0.25, 0.3) is 0 Å². The molecule has 1 unspecified atom stereocenters. The number of carbonyl (C=O) groups is 1. The number of benzene rings is 1. The summed E-state index contributed by atoms with van der Waals surface area (Å²) in [6, 6.07) is 3.54. The first-order chi connectivity index (χ1) is 10.7. The Hall–Kier alpha value is -1.72. The van der Waals surface area contributed by atoms with Crippen molar-refractivity contribution in [2.75, 3.05) is 4.90 Å². The Morgan fingerprint density at radius 1 is 1.39 bits per heavy atom. The second-order valence-corrected chi connectivity index (χ2v) is 6.12. The Kier molecular flexibility index (Phi) is 5.22. The fourth-order valence-electron chi connectivity index (χ4n) is 2.96. The van der Waals surface area contributed by atoms with Crippen molar-refractivity contribution >= 4 is 11.8 Å². The maximum atomic E-state index is 12.9. The second-order valence-electron chi connectivity index (χ2n) is 6.12. The molecule has 1 aromatic rings. The zero-order valence-corrected chi connectivity index (χ0v) is 13.6. The fourth-order valence-corrected chi connectivity index (χ4v) is 2.96. The first kappa shape index (κ1) is 17.6. The van der Waals surface area contributed by atoms with E-state index in [0.717, 1.165) is 25.0 Å². The molecule has 3 nitrogen and oxygen atoms in total. The summed E-state index contributed by atoms with van der Waals surface area (Å²) in [6.45, 7) is 5.53. The third kappa shape index (κ3) is 3.98. The van der Waals surface area contributed by atoms with Crippen LogP contribution in [-0.4, -0.2) is 18.2 Å². The van der Waals surface area contributed by atoms with Gasteiger partial charge in [-0.1, -0.05) is 13.3 Å². The van der Waals surface area contributed by atoms with Gasteiger partial charge in [-0.05, 0) is 56.9 Å². The molecule has 0 saturated carbocycles. The molecule has 0 N–H and O–H groups in total. The van der Waals surface area contributed by atoms with Gasteiger partial charge in [-0.3, -0.25) is 4.90 Å². The largest absolute Gasteiger partial charge is 0.446 e. The molecule has 1 aromatic carbocycles. The number of alkyl halides is 3. The lowest BCUT2D eigenvalue weighted by Crippen LogP contribution is -2.44. The maximum Gasteiger partial charge on any atom is 0.416 e. The molecule has 6 heteroatoms. The summed E-state index contributed by atoms with van der Waals surface area (Å²) in [6.07, 6.45) is -2.26. The van der Waals surface area contributed by atoms with Crippen LogP contribution in [0.1, 0.15) is 51.2 Å². The monoisotopic (exact) mass is 329 g/mol. The number of ether oxygens (including phenoxy) is 1. The van der Waals surface area contributed by atoms with E-state index < -0.39 is 17.8 Å². The summed E-state index contributed by atoms with van der Waals surface area (Å²) in [5, 5.41) is 0. The van der Waals surface area contributed by atoms with Gasteiger partial charge in [0.15, 0.2) is 0 Å². The van der Waals surface area contributed by atoms with Gasteiger partial charge in [-0.15, -0.1) is 0 Å². The van der Waals surface area contributed by atoms with Crippen LogP contribution in [0, 0.1) is 0 Å². The van der Waals surface area contributed by atoms with E-state index in [9.17, 15) is 18.0 Å². The number of nitrogens with zero attached hydrogens (tertiary/aromatic N) is 1. The van der Waals surface area contributed by atoms with Gasteiger partial charge in [-0.2, -0.15) is 13.2 Å². The van der Waals surface area contributed by atoms with Gasteiger partial charge in [0.05, 0.1) is 17.4 Å². The van der Waals surface area contributed by atoms with Crippen LogP contribution in [0.3, 0.4) is 0 Å². The fraction of sp³-hybridized carbons (Fsp3) is 0.588. The Balaban J connectivity index is 2.39. The van der Waals surface area contributed by atoms with Crippen molar-refractivity contribution in [2.24, 2.45) is 0 Å². The van der Waals surface area contributed by atoms with E-state index in [1.54, 1.807) is 13.8 Å². The van der Waals surface area contributed by atoms with Crippen LogP contribution in [-0.2, 0) is 17.3 Å². The predicted molar refractivity (Wildman–Crippen MR) is 82.6 cm³/mol. The molecular formula is C17H22F3NO2. The van der Waals surface area contributed by atoms with E-state index in [4.69, 9.17) is 4.74 Å². The number of rotatable bonds is 3. The molecule has 128 valence electrons. The first-order valence-corrected chi connectivity index (χ1v) is 7.94. The average molecular weight is 329 g/mol. The zero-order chi connectivity index (χ0) is 17.2. The van der Waals surface area contributed by atoms with Crippen LogP contribution in [0.15, 0.2) is 18.2 Å². The topological polar surface area (TPSA) is 29.5 Å². The number of fused-ring (bicyclic) bond motifs is 1. The summed E-state index contributed by atoms with van der Waals surface area (Å²) in [5.74, 6) is 0. The number of hydrogen-bond acceptors (Lipinski definition) is 2. The second kappa shape index (κ2) is 6.81. The Morgan fingerprint density at radius 3 is 2.65 bits per heavy atom. The van der Waals surface area contributed by atoms with E-state index in [2.05, 4.69) is 0 Å². The minimum Gasteiger partial charge on any atom is -0.446 e. The molecule has 1 aliphatic heterocycles. The van der Waals surface area contributed by atoms with Gasteiger partial charge in [0.25, 0.3) is 0 Å². The maximum absolute atomic E-state index is 12.9. The summed E-state index contributed by atoms with van der Waals surface area (Å²) in [5.41, 5.74) is 0.406. The molecule has 0 aromatic heterocycles. The number of hydrogen-bond donors (Lipinski definition) is 0. The van der Waals surface area contributed by atoms with Crippen molar-refractivity contribution in [1.82, 2.24) is 0 Å². The molecule has 0 fully saturated rings. The molecule has 1 heterocycles.